The number of carbonyl (C=O) groups is 1. The van der Waals surface area contributed by atoms with Crippen LogP contribution in [-0.4, -0.2) is 37.6 Å². The van der Waals surface area contributed by atoms with Crippen LogP contribution in [0.4, 0.5) is 0 Å². The molecule has 0 saturated heterocycles. The van der Waals surface area contributed by atoms with E-state index in [0.29, 0.717) is 18.4 Å². The van der Waals surface area contributed by atoms with E-state index in [1.807, 2.05) is 18.9 Å². The van der Waals surface area contributed by atoms with Crippen molar-refractivity contribution >= 4 is 5.91 Å². The van der Waals surface area contributed by atoms with E-state index >= 15 is 0 Å². The van der Waals surface area contributed by atoms with Gasteiger partial charge >= 0.3 is 0 Å². The van der Waals surface area contributed by atoms with Crippen molar-refractivity contribution in [2.45, 2.75) is 32.2 Å². The molecule has 0 aliphatic heterocycles. The molecule has 0 N–H and O–H groups in total. The summed E-state index contributed by atoms with van der Waals surface area (Å²) in [5.74, 6) is 2.39. The Bertz CT molecular complexity index is 244. The predicted octanol–water partition coefficient (Wildman–Crippen LogP) is 1.53. The number of ether oxygens (including phenoxy) is 1. The van der Waals surface area contributed by atoms with Gasteiger partial charge in [-0.1, -0.05) is 0 Å². The lowest BCUT2D eigenvalue weighted by Gasteiger charge is -2.27. The second-order valence-corrected chi connectivity index (χ2v) is 5.18. The first-order chi connectivity index (χ1) is 7.13. The van der Waals surface area contributed by atoms with E-state index in [2.05, 4.69) is 0 Å². The maximum absolute atomic E-state index is 12.1. The number of amides is 1. The molecule has 15 heavy (non-hydrogen) atoms. The second kappa shape index (κ2) is 4.12. The highest BCUT2D eigenvalue weighted by atomic mass is 16.5. The number of nitrogens with zero attached hydrogens (tertiary/aromatic N) is 1. The van der Waals surface area contributed by atoms with Crippen LogP contribution >= 0.6 is 0 Å². The van der Waals surface area contributed by atoms with E-state index in [0.717, 1.165) is 24.7 Å². The topological polar surface area (TPSA) is 29.5 Å². The Morgan fingerprint density at radius 2 is 2.00 bits per heavy atom. The molecule has 0 aromatic rings. The monoisotopic (exact) mass is 211 g/mol. The maximum atomic E-state index is 12.1. The van der Waals surface area contributed by atoms with Crippen LogP contribution in [0, 0.1) is 17.8 Å². The minimum Gasteiger partial charge on any atom is -0.383 e. The lowest BCUT2D eigenvalue weighted by molar-refractivity contribution is -0.137. The molecule has 0 aromatic heterocycles. The molecule has 0 spiro atoms. The van der Waals surface area contributed by atoms with Gasteiger partial charge < -0.3 is 9.64 Å². The van der Waals surface area contributed by atoms with Gasteiger partial charge in [0, 0.05) is 20.1 Å². The molecular formula is C12H21NO2. The fourth-order valence-corrected chi connectivity index (χ4v) is 2.77. The van der Waals surface area contributed by atoms with Gasteiger partial charge in [-0.3, -0.25) is 4.79 Å². The first-order valence-electron chi connectivity index (χ1n) is 5.89. The number of methoxy groups -OCH3 is 1. The highest BCUT2D eigenvalue weighted by Crippen LogP contribution is 2.54. The van der Waals surface area contributed by atoms with Crippen LogP contribution in [0.25, 0.3) is 0 Å². The maximum Gasteiger partial charge on any atom is 0.225 e. The third-order valence-corrected chi connectivity index (χ3v) is 4.01. The smallest absolute Gasteiger partial charge is 0.225 e. The van der Waals surface area contributed by atoms with Gasteiger partial charge in [-0.15, -0.1) is 0 Å². The Balaban J connectivity index is 1.84. The number of carbonyl (C=O) groups excluding carboxylic acids is 1. The van der Waals surface area contributed by atoms with E-state index in [4.69, 9.17) is 4.74 Å². The number of rotatable bonds is 4. The largest absolute Gasteiger partial charge is 0.383 e. The molecule has 3 nitrogen and oxygen atoms in total. The molecule has 86 valence electrons. The summed E-state index contributed by atoms with van der Waals surface area (Å²) in [5.41, 5.74) is 0. The van der Waals surface area contributed by atoms with Crippen LogP contribution in [0.1, 0.15) is 26.2 Å². The van der Waals surface area contributed by atoms with Gasteiger partial charge in [0.25, 0.3) is 0 Å². The Labute approximate surface area is 91.8 Å². The van der Waals surface area contributed by atoms with Crippen molar-refractivity contribution in [2.24, 2.45) is 17.8 Å². The molecule has 2 saturated carbocycles. The van der Waals surface area contributed by atoms with E-state index in [1.165, 1.54) is 6.42 Å². The molecule has 2 fully saturated rings. The summed E-state index contributed by atoms with van der Waals surface area (Å²) in [7, 11) is 3.58. The molecular weight excluding hydrogens is 190 g/mol. The highest BCUT2D eigenvalue weighted by Gasteiger charge is 2.48. The summed E-state index contributed by atoms with van der Waals surface area (Å²) in [6.45, 7) is 2.67. The second-order valence-electron chi connectivity index (χ2n) is 5.18. The summed E-state index contributed by atoms with van der Waals surface area (Å²) >= 11 is 0. The first kappa shape index (κ1) is 10.9. The van der Waals surface area contributed by atoms with Crippen molar-refractivity contribution in [2.75, 3.05) is 20.8 Å². The van der Waals surface area contributed by atoms with Gasteiger partial charge in [0.2, 0.25) is 5.91 Å². The van der Waals surface area contributed by atoms with Crippen LogP contribution in [0.2, 0.25) is 0 Å². The van der Waals surface area contributed by atoms with Crippen LogP contribution in [0.3, 0.4) is 0 Å². The molecule has 0 bridgehead atoms. The zero-order valence-electron chi connectivity index (χ0n) is 9.90. The molecule has 3 heteroatoms. The number of hydrogen-bond donors (Lipinski definition) is 0. The minimum atomic E-state index is 0.194. The van der Waals surface area contributed by atoms with Gasteiger partial charge in [-0.05, 0) is 38.0 Å². The van der Waals surface area contributed by atoms with Crippen molar-refractivity contribution in [3.8, 4) is 0 Å². The molecule has 0 aromatic carbocycles. The standard InChI is InChI=1S/C12H21NO2/c1-8(7-15-3)13(2)12(14)11-5-9-4-10(9)6-11/h8-11H,4-7H2,1-3H3. The van der Waals surface area contributed by atoms with Crippen LogP contribution in [-0.2, 0) is 9.53 Å². The first-order valence-corrected chi connectivity index (χ1v) is 5.89. The van der Waals surface area contributed by atoms with Crippen molar-refractivity contribution in [1.82, 2.24) is 4.90 Å². The summed E-state index contributed by atoms with van der Waals surface area (Å²) in [4.78, 5) is 14.0. The molecule has 3 unspecified atom stereocenters. The zero-order chi connectivity index (χ0) is 11.0. The Morgan fingerprint density at radius 3 is 2.53 bits per heavy atom. The average Bonchev–Trinajstić information content (AvgIpc) is 2.84. The minimum absolute atomic E-state index is 0.194. The fraction of sp³-hybridized carbons (Fsp3) is 0.917. The van der Waals surface area contributed by atoms with Crippen molar-refractivity contribution in [3.05, 3.63) is 0 Å². The van der Waals surface area contributed by atoms with Gasteiger partial charge in [0.1, 0.15) is 0 Å². The summed E-state index contributed by atoms with van der Waals surface area (Å²) in [6.07, 6.45) is 3.64. The summed E-state index contributed by atoms with van der Waals surface area (Å²) < 4.78 is 5.07. The summed E-state index contributed by atoms with van der Waals surface area (Å²) in [5, 5.41) is 0. The zero-order valence-corrected chi connectivity index (χ0v) is 9.90. The third-order valence-electron chi connectivity index (χ3n) is 4.01. The van der Waals surface area contributed by atoms with Crippen molar-refractivity contribution in [1.29, 1.82) is 0 Å². The molecule has 0 radical (unpaired) electrons. The van der Waals surface area contributed by atoms with Crippen LogP contribution < -0.4 is 0 Å². The number of hydrogen-bond acceptors (Lipinski definition) is 2. The van der Waals surface area contributed by atoms with Gasteiger partial charge in [-0.25, -0.2) is 0 Å². The van der Waals surface area contributed by atoms with Crippen LogP contribution in [0.5, 0.6) is 0 Å². The fourth-order valence-electron chi connectivity index (χ4n) is 2.77. The third kappa shape index (κ3) is 2.17. The Hall–Kier alpha value is -0.570. The van der Waals surface area contributed by atoms with E-state index in [9.17, 15) is 4.79 Å². The number of fused-ring (bicyclic) bond motifs is 1. The lowest BCUT2D eigenvalue weighted by atomic mass is 10.0. The summed E-state index contributed by atoms with van der Waals surface area (Å²) in [6, 6.07) is 0.194. The molecule has 2 aliphatic rings. The Morgan fingerprint density at radius 1 is 1.40 bits per heavy atom. The highest BCUT2D eigenvalue weighted by molar-refractivity contribution is 5.79. The van der Waals surface area contributed by atoms with Crippen LogP contribution in [0.15, 0.2) is 0 Å². The molecule has 1 amide bonds. The number of likely N-dealkylation sites (N-methyl/N-ethyl adjacent to an activating group) is 1. The molecule has 0 heterocycles. The van der Waals surface area contributed by atoms with Gasteiger partial charge in [0.05, 0.1) is 12.6 Å². The molecule has 3 atom stereocenters. The van der Waals surface area contributed by atoms with Crippen molar-refractivity contribution < 1.29 is 9.53 Å². The predicted molar refractivity (Wildman–Crippen MR) is 58.4 cm³/mol. The van der Waals surface area contributed by atoms with E-state index < -0.39 is 0 Å². The lowest BCUT2D eigenvalue weighted by Crippen LogP contribution is -2.41. The van der Waals surface area contributed by atoms with E-state index in [-0.39, 0.29) is 6.04 Å². The quantitative estimate of drug-likeness (QED) is 0.705. The van der Waals surface area contributed by atoms with Crippen molar-refractivity contribution in [3.63, 3.8) is 0 Å². The Kier molecular flexibility index (Phi) is 3.01. The SMILES string of the molecule is COCC(C)N(C)C(=O)C1CC2CC2C1. The average molecular weight is 211 g/mol. The normalized spacial score (nSPS) is 34.7. The van der Waals surface area contributed by atoms with Gasteiger partial charge in [-0.2, -0.15) is 0 Å². The molecule has 2 rings (SSSR count). The molecule has 2 aliphatic carbocycles. The van der Waals surface area contributed by atoms with E-state index in [1.54, 1.807) is 7.11 Å². The van der Waals surface area contributed by atoms with Gasteiger partial charge in [0.15, 0.2) is 0 Å².